The minimum Gasteiger partial charge on any atom is -0.252 e. The average molecular weight is 232 g/mol. The van der Waals surface area contributed by atoms with E-state index in [2.05, 4.69) is 13.0 Å². The van der Waals surface area contributed by atoms with Crippen molar-refractivity contribution in [2.75, 3.05) is 0 Å². The first-order valence-electron chi connectivity index (χ1n) is 5.81. The van der Waals surface area contributed by atoms with Crippen LogP contribution in [0.1, 0.15) is 24.6 Å². The van der Waals surface area contributed by atoms with Crippen molar-refractivity contribution in [2.45, 2.75) is 26.2 Å². The van der Waals surface area contributed by atoms with Gasteiger partial charge in [-0.15, -0.1) is 0 Å². The largest absolute Gasteiger partial charge is 0.252 e. The molecule has 0 saturated carbocycles. The Kier molecular flexibility index (Phi) is 2.36. The molecule has 0 saturated heterocycles. The topological polar surface area (TPSA) is 12.9 Å². The number of hydrogen-bond donors (Lipinski definition) is 0. The van der Waals surface area contributed by atoms with Crippen molar-refractivity contribution in [2.24, 2.45) is 5.92 Å². The minimum absolute atomic E-state index is 0.734. The van der Waals surface area contributed by atoms with Gasteiger partial charge in [0.05, 0.1) is 10.5 Å². The van der Waals surface area contributed by atoms with Gasteiger partial charge in [0.25, 0.3) is 0 Å². The second-order valence-corrected chi connectivity index (χ2v) is 5.09. The number of fused-ring (bicyclic) bond motifs is 2. The molecule has 1 aromatic heterocycles. The van der Waals surface area contributed by atoms with Gasteiger partial charge in [0, 0.05) is 11.1 Å². The van der Waals surface area contributed by atoms with E-state index in [0.717, 1.165) is 34.7 Å². The molecule has 0 aliphatic heterocycles. The van der Waals surface area contributed by atoms with Gasteiger partial charge in [-0.3, -0.25) is 4.98 Å². The lowest BCUT2D eigenvalue weighted by Crippen LogP contribution is -2.13. The van der Waals surface area contributed by atoms with E-state index < -0.39 is 0 Å². The van der Waals surface area contributed by atoms with Crippen LogP contribution in [-0.4, -0.2) is 4.98 Å². The van der Waals surface area contributed by atoms with Gasteiger partial charge < -0.3 is 0 Å². The predicted molar refractivity (Wildman–Crippen MR) is 67.9 cm³/mol. The third-order valence-electron chi connectivity index (χ3n) is 3.44. The Morgan fingerprint density at radius 3 is 3.00 bits per heavy atom. The third kappa shape index (κ3) is 1.51. The number of para-hydroxylation sites is 1. The van der Waals surface area contributed by atoms with E-state index >= 15 is 0 Å². The van der Waals surface area contributed by atoms with E-state index in [4.69, 9.17) is 16.6 Å². The van der Waals surface area contributed by atoms with Gasteiger partial charge in [0.2, 0.25) is 0 Å². The van der Waals surface area contributed by atoms with Gasteiger partial charge >= 0.3 is 0 Å². The van der Waals surface area contributed by atoms with Crippen LogP contribution in [0.4, 0.5) is 0 Å². The minimum atomic E-state index is 0.734. The van der Waals surface area contributed by atoms with Crippen LogP contribution in [-0.2, 0) is 12.8 Å². The molecule has 3 rings (SSSR count). The summed E-state index contributed by atoms with van der Waals surface area (Å²) in [7, 11) is 0. The van der Waals surface area contributed by atoms with Gasteiger partial charge in [-0.05, 0) is 36.8 Å². The number of benzene rings is 1. The Balaban J connectivity index is 2.29. The number of rotatable bonds is 0. The summed E-state index contributed by atoms with van der Waals surface area (Å²) in [5.41, 5.74) is 3.52. The molecule has 16 heavy (non-hydrogen) atoms. The lowest BCUT2D eigenvalue weighted by molar-refractivity contribution is 0.493. The van der Waals surface area contributed by atoms with Crippen LogP contribution in [0.3, 0.4) is 0 Å². The highest BCUT2D eigenvalue weighted by molar-refractivity contribution is 6.36. The lowest BCUT2D eigenvalue weighted by atomic mass is 9.87. The van der Waals surface area contributed by atoms with E-state index in [1.807, 2.05) is 18.2 Å². The molecule has 0 radical (unpaired) electrons. The summed E-state index contributed by atoms with van der Waals surface area (Å²) in [5, 5.41) is 2.02. The summed E-state index contributed by atoms with van der Waals surface area (Å²) in [6, 6.07) is 8.14. The van der Waals surface area contributed by atoms with Gasteiger partial charge in [-0.25, -0.2) is 0 Å². The molecule has 0 amide bonds. The molecule has 2 aromatic rings. The van der Waals surface area contributed by atoms with Crippen LogP contribution in [0.2, 0.25) is 5.02 Å². The molecular weight excluding hydrogens is 218 g/mol. The number of aromatic nitrogens is 1. The van der Waals surface area contributed by atoms with Gasteiger partial charge in [0.15, 0.2) is 0 Å². The Morgan fingerprint density at radius 2 is 2.12 bits per heavy atom. The Morgan fingerprint density at radius 1 is 1.31 bits per heavy atom. The van der Waals surface area contributed by atoms with Gasteiger partial charge in [0.1, 0.15) is 0 Å². The molecule has 1 unspecified atom stereocenters. The molecule has 82 valence electrons. The van der Waals surface area contributed by atoms with E-state index in [9.17, 15) is 0 Å². The fraction of sp³-hybridized carbons (Fsp3) is 0.357. The molecule has 0 fully saturated rings. The van der Waals surface area contributed by atoms with Crippen molar-refractivity contribution in [1.29, 1.82) is 0 Å². The normalized spacial score (nSPS) is 19.8. The van der Waals surface area contributed by atoms with Crippen molar-refractivity contribution in [3.8, 4) is 0 Å². The van der Waals surface area contributed by atoms with Crippen molar-refractivity contribution >= 4 is 22.5 Å². The maximum absolute atomic E-state index is 6.47. The second kappa shape index (κ2) is 3.74. The van der Waals surface area contributed by atoms with Crippen LogP contribution in [0, 0.1) is 5.92 Å². The van der Waals surface area contributed by atoms with E-state index in [0.29, 0.717) is 0 Å². The monoisotopic (exact) mass is 231 g/mol. The van der Waals surface area contributed by atoms with Gasteiger partial charge in [-0.2, -0.15) is 0 Å². The molecule has 0 bridgehead atoms. The highest BCUT2D eigenvalue weighted by Gasteiger charge is 2.20. The smallest absolute Gasteiger partial charge is 0.0720 e. The predicted octanol–water partition coefficient (Wildman–Crippen LogP) is 4.01. The van der Waals surface area contributed by atoms with Crippen LogP contribution < -0.4 is 0 Å². The zero-order valence-corrected chi connectivity index (χ0v) is 10.1. The van der Waals surface area contributed by atoms with Crippen LogP contribution >= 0.6 is 11.6 Å². The van der Waals surface area contributed by atoms with Crippen molar-refractivity contribution in [3.63, 3.8) is 0 Å². The first kappa shape index (κ1) is 10.1. The van der Waals surface area contributed by atoms with Crippen LogP contribution in [0.25, 0.3) is 10.9 Å². The molecule has 1 aromatic carbocycles. The second-order valence-electron chi connectivity index (χ2n) is 4.72. The van der Waals surface area contributed by atoms with Crippen molar-refractivity contribution in [3.05, 3.63) is 40.5 Å². The van der Waals surface area contributed by atoms with Crippen LogP contribution in [0.5, 0.6) is 0 Å². The molecule has 0 N–H and O–H groups in total. The summed E-state index contributed by atoms with van der Waals surface area (Å²) in [6.45, 7) is 2.29. The summed E-state index contributed by atoms with van der Waals surface area (Å²) >= 11 is 6.47. The number of halogens is 1. The highest BCUT2D eigenvalue weighted by Crippen LogP contribution is 2.34. The summed E-state index contributed by atoms with van der Waals surface area (Å²) < 4.78 is 0. The first-order chi connectivity index (χ1) is 7.75. The first-order valence-corrected chi connectivity index (χ1v) is 6.19. The van der Waals surface area contributed by atoms with Gasteiger partial charge in [-0.1, -0.05) is 36.7 Å². The molecule has 1 aliphatic carbocycles. The molecule has 1 aliphatic rings. The number of pyridine rings is 1. The zero-order valence-electron chi connectivity index (χ0n) is 9.33. The maximum Gasteiger partial charge on any atom is 0.0720 e. The van der Waals surface area contributed by atoms with E-state index in [1.165, 1.54) is 17.7 Å². The molecule has 1 atom stereocenters. The molecular formula is C14H14ClN. The Bertz CT molecular complexity index is 548. The van der Waals surface area contributed by atoms with Crippen molar-refractivity contribution in [1.82, 2.24) is 4.98 Å². The number of nitrogens with zero attached hydrogens (tertiary/aromatic N) is 1. The van der Waals surface area contributed by atoms with Crippen LogP contribution in [0.15, 0.2) is 24.3 Å². The number of hydrogen-bond acceptors (Lipinski definition) is 1. The maximum atomic E-state index is 6.47. The summed E-state index contributed by atoms with van der Waals surface area (Å²) in [4.78, 5) is 4.74. The Labute approximate surface area is 100 Å². The zero-order chi connectivity index (χ0) is 11.1. The standard InChI is InChI=1S/C14H14ClN/c1-9-6-7-11-13(8-9)16-12-5-3-2-4-10(12)14(11)15/h2-5,9H,6-8H2,1H3. The van der Waals surface area contributed by atoms with E-state index in [1.54, 1.807) is 0 Å². The molecule has 0 spiro atoms. The SMILES string of the molecule is CC1CCc2c(nc3ccccc3c2Cl)C1. The Hall–Kier alpha value is -1.08. The summed E-state index contributed by atoms with van der Waals surface area (Å²) in [5.74, 6) is 0.734. The fourth-order valence-corrected chi connectivity index (χ4v) is 2.87. The van der Waals surface area contributed by atoms with E-state index in [-0.39, 0.29) is 0 Å². The average Bonchev–Trinajstić information content (AvgIpc) is 2.29. The quantitative estimate of drug-likeness (QED) is 0.668. The molecule has 1 nitrogen and oxygen atoms in total. The van der Waals surface area contributed by atoms with Crippen molar-refractivity contribution < 1.29 is 0 Å². The third-order valence-corrected chi connectivity index (χ3v) is 3.87. The highest BCUT2D eigenvalue weighted by atomic mass is 35.5. The fourth-order valence-electron chi connectivity index (χ4n) is 2.50. The lowest BCUT2D eigenvalue weighted by Gasteiger charge is -2.22. The summed E-state index contributed by atoms with van der Waals surface area (Å²) in [6.07, 6.45) is 3.37. The molecule has 2 heteroatoms. The molecule has 1 heterocycles.